The molecule has 0 saturated carbocycles. The quantitative estimate of drug-likeness (QED) is 0.500. The Labute approximate surface area is 153 Å². The highest BCUT2D eigenvalue weighted by Gasteiger charge is 2.32. The highest BCUT2D eigenvalue weighted by molar-refractivity contribution is 6.40. The fourth-order valence-corrected chi connectivity index (χ4v) is 3.95. The van der Waals surface area contributed by atoms with Crippen molar-refractivity contribution in [3.8, 4) is 0 Å². The molecule has 1 heterocycles. The molecular formula is C20H35BN2O2. The van der Waals surface area contributed by atoms with E-state index in [1.54, 1.807) is 0 Å². The number of hydrogen-bond acceptors (Lipinski definition) is 4. The van der Waals surface area contributed by atoms with Gasteiger partial charge in [-0.05, 0) is 82.1 Å². The van der Waals surface area contributed by atoms with Crippen molar-refractivity contribution < 1.29 is 10.0 Å². The van der Waals surface area contributed by atoms with Crippen LogP contribution in [-0.2, 0) is 6.54 Å². The number of hydrogen-bond donors (Lipinski definition) is 3. The van der Waals surface area contributed by atoms with Crippen molar-refractivity contribution in [3.63, 3.8) is 0 Å². The van der Waals surface area contributed by atoms with Gasteiger partial charge in [-0.15, -0.1) is 0 Å². The lowest BCUT2D eigenvalue weighted by molar-refractivity contribution is 0.125. The molecule has 0 spiro atoms. The average molecular weight is 346 g/mol. The van der Waals surface area contributed by atoms with Gasteiger partial charge in [-0.2, -0.15) is 0 Å². The largest absolute Gasteiger partial charge is 0.451 e. The first-order valence-corrected chi connectivity index (χ1v) is 9.71. The zero-order valence-electron chi connectivity index (χ0n) is 16.2. The topological polar surface area (TPSA) is 69.7 Å². The fourth-order valence-electron chi connectivity index (χ4n) is 3.95. The van der Waals surface area contributed by atoms with Gasteiger partial charge in [0.15, 0.2) is 0 Å². The zero-order chi connectivity index (χ0) is 18.4. The van der Waals surface area contributed by atoms with Crippen molar-refractivity contribution in [1.82, 2.24) is 4.90 Å². The van der Waals surface area contributed by atoms with E-state index < -0.39 is 7.12 Å². The van der Waals surface area contributed by atoms with E-state index >= 15 is 0 Å². The Kier molecular flexibility index (Phi) is 7.50. The van der Waals surface area contributed by atoms with Crippen molar-refractivity contribution in [1.29, 1.82) is 0 Å². The van der Waals surface area contributed by atoms with Crippen LogP contribution in [0.3, 0.4) is 0 Å². The normalized spacial score (nSPS) is 19.0. The number of aryl methyl sites for hydroxylation is 2. The summed E-state index contributed by atoms with van der Waals surface area (Å²) in [7, 11) is -1.18. The molecule has 4 nitrogen and oxygen atoms in total. The maximum Gasteiger partial charge on any atom is 0.451 e. The van der Waals surface area contributed by atoms with Gasteiger partial charge in [0.05, 0.1) is 0 Å². The lowest BCUT2D eigenvalue weighted by Gasteiger charge is -2.40. The molecule has 0 aliphatic carbocycles. The summed E-state index contributed by atoms with van der Waals surface area (Å²) in [5.41, 5.74) is 10.6. The Morgan fingerprint density at radius 1 is 1.16 bits per heavy atom. The highest BCUT2D eigenvalue weighted by atomic mass is 16.4. The van der Waals surface area contributed by atoms with Gasteiger partial charge in [0.2, 0.25) is 0 Å². The van der Waals surface area contributed by atoms with E-state index in [1.807, 2.05) is 0 Å². The second-order valence-electron chi connectivity index (χ2n) is 8.20. The van der Waals surface area contributed by atoms with Crippen molar-refractivity contribution >= 4 is 7.12 Å². The molecule has 2 rings (SSSR count). The predicted octanol–water partition coefficient (Wildman–Crippen LogP) is 2.88. The molecule has 1 aromatic rings. The molecule has 4 N–H and O–H groups in total. The molecule has 1 fully saturated rings. The Bertz CT molecular complexity index is 540. The molecule has 5 heteroatoms. The van der Waals surface area contributed by atoms with Gasteiger partial charge in [-0.3, -0.25) is 4.90 Å². The molecule has 1 aromatic carbocycles. The summed E-state index contributed by atoms with van der Waals surface area (Å²) in [5.74, 6) is 0.558. The smallest absolute Gasteiger partial charge is 0.427 e. The first-order chi connectivity index (χ1) is 11.8. The second-order valence-corrected chi connectivity index (χ2v) is 8.20. The average Bonchev–Trinajstić information content (AvgIpc) is 2.55. The molecule has 0 aromatic heterocycles. The van der Waals surface area contributed by atoms with Crippen LogP contribution in [0.1, 0.15) is 55.7 Å². The van der Waals surface area contributed by atoms with Crippen LogP contribution in [0, 0.1) is 19.8 Å². The molecule has 1 unspecified atom stereocenters. The zero-order valence-corrected chi connectivity index (χ0v) is 16.2. The van der Waals surface area contributed by atoms with Crippen LogP contribution in [0.25, 0.3) is 0 Å². The van der Waals surface area contributed by atoms with Gasteiger partial charge in [0.25, 0.3) is 0 Å². The number of rotatable bonds is 8. The van der Waals surface area contributed by atoms with E-state index in [0.717, 1.165) is 51.7 Å². The number of nitrogens with zero attached hydrogens (tertiary/aromatic N) is 1. The van der Waals surface area contributed by atoms with Crippen molar-refractivity contribution in [2.24, 2.45) is 11.7 Å². The van der Waals surface area contributed by atoms with E-state index in [-0.39, 0.29) is 5.54 Å². The Morgan fingerprint density at radius 2 is 1.84 bits per heavy atom. The molecule has 0 amide bonds. The summed E-state index contributed by atoms with van der Waals surface area (Å²) in [6.07, 6.45) is 5.51. The van der Waals surface area contributed by atoms with Crippen molar-refractivity contribution in [2.45, 2.75) is 71.3 Å². The minimum absolute atomic E-state index is 0.146. The number of piperidine rings is 1. The minimum Gasteiger partial charge on any atom is -0.427 e. The molecule has 25 heavy (non-hydrogen) atoms. The van der Waals surface area contributed by atoms with Crippen molar-refractivity contribution in [2.75, 3.05) is 13.1 Å². The monoisotopic (exact) mass is 346 g/mol. The van der Waals surface area contributed by atoms with Gasteiger partial charge >= 0.3 is 7.12 Å². The number of likely N-dealkylation sites (tertiary alicyclic amines) is 1. The van der Waals surface area contributed by atoms with Gasteiger partial charge in [-0.25, -0.2) is 0 Å². The maximum absolute atomic E-state index is 8.93. The first kappa shape index (κ1) is 20.4. The molecular weight excluding hydrogens is 311 g/mol. The number of benzene rings is 1. The predicted molar refractivity (Wildman–Crippen MR) is 105 cm³/mol. The van der Waals surface area contributed by atoms with Gasteiger partial charge in [-0.1, -0.05) is 31.0 Å². The van der Waals surface area contributed by atoms with E-state index in [9.17, 15) is 0 Å². The van der Waals surface area contributed by atoms with Gasteiger partial charge < -0.3 is 15.8 Å². The Balaban J connectivity index is 1.77. The summed E-state index contributed by atoms with van der Waals surface area (Å²) in [6.45, 7) is 9.77. The highest BCUT2D eigenvalue weighted by Crippen LogP contribution is 2.31. The third kappa shape index (κ3) is 6.41. The summed E-state index contributed by atoms with van der Waals surface area (Å²) < 4.78 is 0. The summed E-state index contributed by atoms with van der Waals surface area (Å²) in [4.78, 5) is 2.54. The lowest BCUT2D eigenvalue weighted by Crippen LogP contribution is -2.49. The molecule has 1 atom stereocenters. The molecule has 1 aliphatic rings. The van der Waals surface area contributed by atoms with Crippen LogP contribution >= 0.6 is 0 Å². The van der Waals surface area contributed by atoms with Crippen LogP contribution in [0.15, 0.2) is 18.2 Å². The van der Waals surface area contributed by atoms with Crippen molar-refractivity contribution in [3.05, 3.63) is 34.9 Å². The SMILES string of the molecule is Cc1ccc(CN2CCC(C(C)(N)CCCCB(O)O)CC2)cc1C. The standard InChI is InChI=1S/C20H35BN2O2/c1-16-6-7-18(14-17(16)2)15-23-12-8-19(9-13-23)20(3,22)10-4-5-11-21(24)25/h6-7,14,19,24-25H,4-5,8-13,15,22H2,1-3H3. The Morgan fingerprint density at radius 3 is 2.44 bits per heavy atom. The summed E-state index contributed by atoms with van der Waals surface area (Å²) in [5, 5.41) is 17.9. The first-order valence-electron chi connectivity index (χ1n) is 9.71. The minimum atomic E-state index is -1.18. The van der Waals surface area contributed by atoms with E-state index in [2.05, 4.69) is 43.9 Å². The molecule has 1 saturated heterocycles. The maximum atomic E-state index is 8.93. The molecule has 140 valence electrons. The van der Waals surface area contributed by atoms with Crippen LogP contribution in [0.4, 0.5) is 0 Å². The summed E-state index contributed by atoms with van der Waals surface area (Å²) >= 11 is 0. The van der Waals surface area contributed by atoms with Gasteiger partial charge in [0, 0.05) is 12.1 Å². The van der Waals surface area contributed by atoms with Crippen LogP contribution < -0.4 is 5.73 Å². The third-order valence-electron chi connectivity index (χ3n) is 5.93. The van der Waals surface area contributed by atoms with E-state index in [1.165, 1.54) is 16.7 Å². The second kappa shape index (κ2) is 9.18. The van der Waals surface area contributed by atoms with E-state index in [0.29, 0.717) is 12.2 Å². The van der Waals surface area contributed by atoms with Crippen LogP contribution in [-0.4, -0.2) is 40.7 Å². The summed E-state index contributed by atoms with van der Waals surface area (Å²) in [6, 6.07) is 6.78. The fraction of sp³-hybridized carbons (Fsp3) is 0.700. The van der Waals surface area contributed by atoms with Crippen LogP contribution in [0.2, 0.25) is 6.32 Å². The number of unbranched alkanes of at least 4 members (excludes halogenated alkanes) is 1. The van der Waals surface area contributed by atoms with Gasteiger partial charge in [0.1, 0.15) is 0 Å². The molecule has 0 bridgehead atoms. The lowest BCUT2D eigenvalue weighted by atomic mass is 9.75. The Hall–Kier alpha value is -0.875. The molecule has 0 radical (unpaired) electrons. The molecule has 1 aliphatic heterocycles. The number of nitrogens with two attached hydrogens (primary N) is 1. The van der Waals surface area contributed by atoms with E-state index in [4.69, 9.17) is 15.8 Å². The van der Waals surface area contributed by atoms with Crippen LogP contribution in [0.5, 0.6) is 0 Å². The third-order valence-corrected chi connectivity index (χ3v) is 5.93.